The number of amides is 1. The maximum Gasteiger partial charge on any atom is 0.410 e. The molecule has 1 saturated heterocycles. The summed E-state index contributed by atoms with van der Waals surface area (Å²) in [4.78, 5) is 13.7. The normalized spacial score (nSPS) is 18.2. The lowest BCUT2D eigenvalue weighted by Gasteiger charge is -2.34. The van der Waals surface area contributed by atoms with E-state index in [1.807, 2.05) is 32.9 Å². The van der Waals surface area contributed by atoms with E-state index in [1.54, 1.807) is 4.90 Å². The molecule has 21 heavy (non-hydrogen) atoms. The van der Waals surface area contributed by atoms with Crippen LogP contribution < -0.4 is 0 Å². The van der Waals surface area contributed by atoms with Crippen molar-refractivity contribution >= 4 is 6.09 Å². The van der Waals surface area contributed by atoms with Crippen LogP contribution in [0.4, 0.5) is 4.79 Å². The Labute approximate surface area is 125 Å². The van der Waals surface area contributed by atoms with Crippen LogP contribution >= 0.6 is 0 Å². The van der Waals surface area contributed by atoms with Crippen LogP contribution in [-0.2, 0) is 9.47 Å². The average molecular weight is 291 g/mol. The highest BCUT2D eigenvalue weighted by Gasteiger charge is 2.31. The number of carbonyl (C=O) groups is 1. The molecule has 0 radical (unpaired) electrons. The van der Waals surface area contributed by atoms with Gasteiger partial charge in [0, 0.05) is 19.0 Å². The van der Waals surface area contributed by atoms with Crippen molar-refractivity contribution in [2.45, 2.75) is 39.2 Å². The van der Waals surface area contributed by atoms with E-state index in [2.05, 4.69) is 0 Å². The smallest absolute Gasteiger partial charge is 0.410 e. The number of ether oxygens (including phenoxy) is 2. The third-order valence-electron chi connectivity index (χ3n) is 3.13. The van der Waals surface area contributed by atoms with Gasteiger partial charge in [0.1, 0.15) is 23.5 Å². The Morgan fingerprint density at radius 3 is 2.38 bits per heavy atom. The van der Waals surface area contributed by atoms with E-state index in [0.29, 0.717) is 18.8 Å². The minimum absolute atomic E-state index is 0.0338. The number of methoxy groups -OCH3 is 1. The molecule has 0 unspecified atom stereocenters. The largest absolute Gasteiger partial charge is 0.499 e. The fourth-order valence-electron chi connectivity index (χ4n) is 2.29. The Balaban J connectivity index is 2.86. The first kappa shape index (κ1) is 16.8. The summed E-state index contributed by atoms with van der Waals surface area (Å²) in [5.41, 5.74) is -0.581. The Kier molecular flexibility index (Phi) is 5.60. The van der Waals surface area contributed by atoms with Gasteiger partial charge in [0.2, 0.25) is 0 Å². The number of piperidine rings is 1. The van der Waals surface area contributed by atoms with Gasteiger partial charge in [-0.3, -0.25) is 0 Å². The summed E-state index contributed by atoms with van der Waals surface area (Å²) in [7, 11) is 1.44. The van der Waals surface area contributed by atoms with Crippen LogP contribution in [0.15, 0.2) is 11.3 Å². The number of allylic oxidation sites excluding steroid dienone is 1. The lowest BCUT2D eigenvalue weighted by Crippen LogP contribution is -2.43. The zero-order valence-electron chi connectivity index (χ0n) is 13.0. The van der Waals surface area contributed by atoms with Gasteiger partial charge in [-0.1, -0.05) is 0 Å². The summed E-state index contributed by atoms with van der Waals surface area (Å²) in [6.45, 7) is 6.45. The van der Waals surface area contributed by atoms with E-state index >= 15 is 0 Å². The van der Waals surface area contributed by atoms with Crippen LogP contribution in [0, 0.1) is 28.6 Å². The number of nitriles is 2. The summed E-state index contributed by atoms with van der Waals surface area (Å²) in [6.07, 6.45) is 1.18. The van der Waals surface area contributed by atoms with Crippen LogP contribution in [0.2, 0.25) is 0 Å². The highest BCUT2D eigenvalue weighted by Crippen LogP contribution is 2.27. The van der Waals surface area contributed by atoms with E-state index in [0.717, 1.165) is 12.8 Å². The molecule has 114 valence electrons. The minimum atomic E-state index is -0.547. The first-order chi connectivity index (χ1) is 9.82. The molecule has 1 amide bonds. The number of carbonyl (C=O) groups excluding carboxylic acids is 1. The Morgan fingerprint density at radius 2 is 1.90 bits per heavy atom. The predicted octanol–water partition coefficient (Wildman–Crippen LogP) is 2.58. The quantitative estimate of drug-likeness (QED) is 0.576. The van der Waals surface area contributed by atoms with Crippen molar-refractivity contribution in [1.82, 2.24) is 4.90 Å². The van der Waals surface area contributed by atoms with Gasteiger partial charge >= 0.3 is 6.09 Å². The number of hydrogen-bond acceptors (Lipinski definition) is 5. The van der Waals surface area contributed by atoms with Crippen molar-refractivity contribution in [3.63, 3.8) is 0 Å². The Hall–Kier alpha value is -2.21. The van der Waals surface area contributed by atoms with Gasteiger partial charge in [-0.05, 0) is 33.6 Å². The van der Waals surface area contributed by atoms with Gasteiger partial charge in [-0.15, -0.1) is 0 Å². The molecule has 0 aromatic carbocycles. The topological polar surface area (TPSA) is 86.4 Å². The van der Waals surface area contributed by atoms with Gasteiger partial charge in [0.05, 0.1) is 7.11 Å². The molecule has 0 aromatic rings. The van der Waals surface area contributed by atoms with Crippen LogP contribution in [0.5, 0.6) is 0 Å². The maximum absolute atomic E-state index is 12.1. The summed E-state index contributed by atoms with van der Waals surface area (Å²) in [6, 6.07) is 3.68. The van der Waals surface area contributed by atoms with Crippen molar-refractivity contribution in [2.24, 2.45) is 5.92 Å². The van der Waals surface area contributed by atoms with Crippen molar-refractivity contribution in [2.75, 3.05) is 20.2 Å². The highest BCUT2D eigenvalue weighted by molar-refractivity contribution is 5.68. The Bertz CT molecular complexity index is 490. The van der Waals surface area contributed by atoms with E-state index in [1.165, 1.54) is 7.11 Å². The SMILES string of the molecule is COC(=C(C#N)C#N)[C@@H]1CCCN(C(=O)OC(C)(C)C)C1. The van der Waals surface area contributed by atoms with E-state index in [4.69, 9.17) is 20.0 Å². The zero-order valence-corrected chi connectivity index (χ0v) is 13.0. The van der Waals surface area contributed by atoms with Crippen molar-refractivity contribution < 1.29 is 14.3 Å². The fourth-order valence-corrected chi connectivity index (χ4v) is 2.29. The molecule has 0 aromatic heterocycles. The lowest BCUT2D eigenvalue weighted by molar-refractivity contribution is 0.0158. The summed E-state index contributed by atoms with van der Waals surface area (Å²) >= 11 is 0. The second-order valence-electron chi connectivity index (χ2n) is 5.93. The zero-order chi connectivity index (χ0) is 16.0. The fraction of sp³-hybridized carbons (Fsp3) is 0.667. The van der Waals surface area contributed by atoms with E-state index in [-0.39, 0.29) is 17.6 Å². The van der Waals surface area contributed by atoms with Crippen LogP contribution in [0.25, 0.3) is 0 Å². The molecule has 1 aliphatic rings. The number of hydrogen-bond donors (Lipinski definition) is 0. The summed E-state index contributed by atoms with van der Waals surface area (Å²) in [5.74, 6) is 0.207. The predicted molar refractivity (Wildman–Crippen MR) is 75.8 cm³/mol. The molecule has 0 saturated carbocycles. The highest BCUT2D eigenvalue weighted by atomic mass is 16.6. The van der Waals surface area contributed by atoms with Crippen molar-refractivity contribution in [3.8, 4) is 12.1 Å². The molecular weight excluding hydrogens is 270 g/mol. The second-order valence-corrected chi connectivity index (χ2v) is 5.93. The van der Waals surface area contributed by atoms with Crippen molar-refractivity contribution in [3.05, 3.63) is 11.3 Å². The van der Waals surface area contributed by atoms with Crippen LogP contribution in [-0.4, -0.2) is 36.8 Å². The molecule has 1 atom stereocenters. The third-order valence-corrected chi connectivity index (χ3v) is 3.13. The monoisotopic (exact) mass is 291 g/mol. The molecule has 6 nitrogen and oxygen atoms in total. The molecule has 0 aliphatic carbocycles. The standard InChI is InChI=1S/C15H21N3O3/c1-15(2,3)21-14(19)18-7-5-6-11(10-18)13(20-4)12(8-16)9-17/h11H,5-7,10H2,1-4H3/t11-/m1/s1. The molecule has 0 bridgehead atoms. The first-order valence-corrected chi connectivity index (χ1v) is 6.88. The van der Waals surface area contributed by atoms with Gasteiger partial charge in [0.15, 0.2) is 5.57 Å². The second kappa shape index (κ2) is 6.99. The van der Waals surface area contributed by atoms with Crippen LogP contribution in [0.1, 0.15) is 33.6 Å². The molecular formula is C15H21N3O3. The summed E-state index contributed by atoms with van der Waals surface area (Å²) < 4.78 is 10.6. The first-order valence-electron chi connectivity index (χ1n) is 6.88. The molecule has 0 N–H and O–H groups in total. The minimum Gasteiger partial charge on any atom is -0.499 e. The van der Waals surface area contributed by atoms with Gasteiger partial charge in [-0.2, -0.15) is 10.5 Å². The molecule has 1 heterocycles. The van der Waals surface area contributed by atoms with E-state index < -0.39 is 5.60 Å². The number of rotatable bonds is 2. The van der Waals surface area contributed by atoms with Gasteiger partial charge < -0.3 is 14.4 Å². The molecule has 0 spiro atoms. The number of nitrogens with zero attached hydrogens (tertiary/aromatic N) is 3. The van der Waals surface area contributed by atoms with Crippen molar-refractivity contribution in [1.29, 1.82) is 10.5 Å². The maximum atomic E-state index is 12.1. The Morgan fingerprint density at radius 1 is 1.29 bits per heavy atom. The van der Waals surface area contributed by atoms with E-state index in [9.17, 15) is 4.79 Å². The van der Waals surface area contributed by atoms with Gasteiger partial charge in [-0.25, -0.2) is 4.79 Å². The van der Waals surface area contributed by atoms with Crippen LogP contribution in [0.3, 0.4) is 0 Å². The molecule has 1 aliphatic heterocycles. The molecule has 6 heteroatoms. The van der Waals surface area contributed by atoms with Gasteiger partial charge in [0.25, 0.3) is 0 Å². The lowest BCUT2D eigenvalue weighted by atomic mass is 9.94. The molecule has 1 fully saturated rings. The number of likely N-dealkylation sites (tertiary alicyclic amines) is 1. The molecule has 1 rings (SSSR count). The average Bonchev–Trinajstić information content (AvgIpc) is 2.43. The third kappa shape index (κ3) is 4.68. The summed E-state index contributed by atoms with van der Waals surface area (Å²) in [5, 5.41) is 17.9.